The van der Waals surface area contributed by atoms with Gasteiger partial charge >= 0.3 is 0 Å². The molecule has 1 aromatic carbocycles. The Balaban J connectivity index is 1.96. The molecule has 0 amide bonds. The van der Waals surface area contributed by atoms with Gasteiger partial charge in [0.25, 0.3) is 0 Å². The van der Waals surface area contributed by atoms with Crippen LogP contribution in [0.3, 0.4) is 0 Å². The Morgan fingerprint density at radius 1 is 1.25 bits per heavy atom. The summed E-state index contributed by atoms with van der Waals surface area (Å²) in [7, 11) is 1.59. The van der Waals surface area contributed by atoms with Crippen LogP contribution < -0.4 is 0 Å². The number of hydrogen-bond acceptors (Lipinski definition) is 2. The molecule has 0 aromatic heterocycles. The quantitative estimate of drug-likeness (QED) is 0.717. The summed E-state index contributed by atoms with van der Waals surface area (Å²) in [5.74, 6) is 0.360. The summed E-state index contributed by atoms with van der Waals surface area (Å²) in [4.78, 5) is 4.35. The van der Waals surface area contributed by atoms with Crippen molar-refractivity contribution in [1.82, 2.24) is 0 Å². The van der Waals surface area contributed by atoms with E-state index in [9.17, 15) is 8.78 Å². The van der Waals surface area contributed by atoms with Crippen molar-refractivity contribution in [2.24, 2.45) is 16.8 Å². The third-order valence-corrected chi connectivity index (χ3v) is 3.26. The van der Waals surface area contributed by atoms with Crippen LogP contribution in [0.4, 0.5) is 8.78 Å². The standard InChI is InChI=1S/C12H11F2NO/c1-16-12-10-5-9(10)11(15-12)6-2-7(13)4-8(14)3-6/h2-4,9-11H,5H2,1H3. The summed E-state index contributed by atoms with van der Waals surface area (Å²) in [6, 6.07) is 3.45. The summed E-state index contributed by atoms with van der Waals surface area (Å²) < 4.78 is 31.3. The van der Waals surface area contributed by atoms with E-state index in [0.29, 0.717) is 17.4 Å². The molecule has 3 atom stereocenters. The second-order valence-corrected chi connectivity index (χ2v) is 4.33. The van der Waals surface area contributed by atoms with Crippen LogP contribution in [0.15, 0.2) is 23.2 Å². The molecule has 0 bridgehead atoms. The van der Waals surface area contributed by atoms with Crippen LogP contribution in [-0.4, -0.2) is 13.0 Å². The van der Waals surface area contributed by atoms with E-state index in [2.05, 4.69) is 4.99 Å². The number of fused-ring (bicyclic) bond motifs is 1. The van der Waals surface area contributed by atoms with Crippen molar-refractivity contribution in [3.8, 4) is 0 Å². The van der Waals surface area contributed by atoms with Crippen molar-refractivity contribution in [2.45, 2.75) is 12.5 Å². The minimum atomic E-state index is -0.548. The molecule has 2 aliphatic rings. The minimum absolute atomic E-state index is 0.134. The van der Waals surface area contributed by atoms with Gasteiger partial charge in [0, 0.05) is 12.0 Å². The van der Waals surface area contributed by atoms with Gasteiger partial charge < -0.3 is 4.74 Å². The molecule has 84 valence electrons. The number of ether oxygens (including phenoxy) is 1. The van der Waals surface area contributed by atoms with Gasteiger partial charge in [0.05, 0.1) is 13.2 Å². The van der Waals surface area contributed by atoms with Crippen LogP contribution in [0.25, 0.3) is 0 Å². The average Bonchev–Trinajstić information content (AvgIpc) is 2.92. The molecule has 1 aliphatic carbocycles. The van der Waals surface area contributed by atoms with Gasteiger partial charge in [-0.15, -0.1) is 0 Å². The van der Waals surface area contributed by atoms with Gasteiger partial charge in [0.2, 0.25) is 0 Å². The molecule has 3 rings (SSSR count). The lowest BCUT2D eigenvalue weighted by molar-refractivity contribution is 0.388. The van der Waals surface area contributed by atoms with Crippen LogP contribution in [-0.2, 0) is 4.74 Å². The first-order valence-corrected chi connectivity index (χ1v) is 5.26. The van der Waals surface area contributed by atoms with Gasteiger partial charge in [-0.3, -0.25) is 0 Å². The van der Waals surface area contributed by atoms with Crippen LogP contribution in [0, 0.1) is 23.5 Å². The van der Waals surface area contributed by atoms with Crippen molar-refractivity contribution in [3.63, 3.8) is 0 Å². The fourth-order valence-corrected chi connectivity index (χ4v) is 2.45. The minimum Gasteiger partial charge on any atom is -0.484 e. The topological polar surface area (TPSA) is 21.6 Å². The lowest BCUT2D eigenvalue weighted by Crippen LogP contribution is -2.00. The van der Waals surface area contributed by atoms with Gasteiger partial charge in [0.1, 0.15) is 11.6 Å². The molecule has 3 unspecified atom stereocenters. The van der Waals surface area contributed by atoms with E-state index in [0.717, 1.165) is 18.4 Å². The third kappa shape index (κ3) is 1.40. The first-order valence-electron chi connectivity index (χ1n) is 5.26. The Bertz CT molecular complexity index is 452. The maximum Gasteiger partial charge on any atom is 0.187 e. The number of nitrogens with zero attached hydrogens (tertiary/aromatic N) is 1. The molecule has 2 nitrogen and oxygen atoms in total. The first kappa shape index (κ1) is 9.75. The SMILES string of the molecule is COC1=NC(c2cc(F)cc(F)c2)C2CC12. The van der Waals surface area contributed by atoms with Gasteiger partial charge in [-0.25, -0.2) is 13.8 Å². The highest BCUT2D eigenvalue weighted by Gasteiger charge is 2.52. The maximum absolute atomic E-state index is 13.1. The molecule has 1 aliphatic heterocycles. The number of aliphatic imine (C=N–C) groups is 1. The fourth-order valence-electron chi connectivity index (χ4n) is 2.45. The molecule has 1 aromatic rings. The molecular formula is C12H11F2NO. The second kappa shape index (κ2) is 3.27. The summed E-state index contributed by atoms with van der Waals surface area (Å²) in [5, 5.41) is 0. The van der Waals surface area contributed by atoms with E-state index < -0.39 is 11.6 Å². The number of hydrogen-bond donors (Lipinski definition) is 0. The summed E-state index contributed by atoms with van der Waals surface area (Å²) in [6.07, 6.45) is 1.01. The summed E-state index contributed by atoms with van der Waals surface area (Å²) in [6.45, 7) is 0. The smallest absolute Gasteiger partial charge is 0.187 e. The lowest BCUT2D eigenvalue weighted by atomic mass is 10.0. The highest BCUT2D eigenvalue weighted by atomic mass is 19.1. The van der Waals surface area contributed by atoms with Crippen molar-refractivity contribution in [3.05, 3.63) is 35.4 Å². The van der Waals surface area contributed by atoms with Crippen molar-refractivity contribution in [1.29, 1.82) is 0 Å². The Labute approximate surface area is 91.9 Å². The van der Waals surface area contributed by atoms with Crippen molar-refractivity contribution >= 4 is 5.90 Å². The normalized spacial score (nSPS) is 30.9. The zero-order valence-corrected chi connectivity index (χ0v) is 8.78. The highest BCUT2D eigenvalue weighted by molar-refractivity contribution is 5.84. The second-order valence-electron chi connectivity index (χ2n) is 4.33. The molecule has 1 heterocycles. The predicted molar refractivity (Wildman–Crippen MR) is 55.1 cm³/mol. The monoisotopic (exact) mass is 223 g/mol. The third-order valence-electron chi connectivity index (χ3n) is 3.26. The van der Waals surface area contributed by atoms with E-state index >= 15 is 0 Å². The Kier molecular flexibility index (Phi) is 1.99. The van der Waals surface area contributed by atoms with Crippen LogP contribution in [0.5, 0.6) is 0 Å². The van der Waals surface area contributed by atoms with E-state index in [1.807, 2.05) is 0 Å². The fraction of sp³-hybridized carbons (Fsp3) is 0.417. The van der Waals surface area contributed by atoms with Gasteiger partial charge in [0.15, 0.2) is 5.90 Å². The molecule has 1 saturated carbocycles. The molecule has 0 saturated heterocycles. The highest BCUT2D eigenvalue weighted by Crippen LogP contribution is 2.55. The van der Waals surface area contributed by atoms with E-state index in [1.54, 1.807) is 7.11 Å². The number of methoxy groups -OCH3 is 1. The van der Waals surface area contributed by atoms with Gasteiger partial charge in [-0.05, 0) is 30.0 Å². The lowest BCUT2D eigenvalue weighted by Gasteiger charge is -2.09. The molecule has 16 heavy (non-hydrogen) atoms. The molecule has 0 spiro atoms. The van der Waals surface area contributed by atoms with Crippen LogP contribution in [0.1, 0.15) is 18.0 Å². The van der Waals surface area contributed by atoms with Gasteiger partial charge in [-0.2, -0.15) is 0 Å². The Morgan fingerprint density at radius 3 is 2.50 bits per heavy atom. The predicted octanol–water partition coefficient (Wildman–Crippen LogP) is 2.70. The largest absolute Gasteiger partial charge is 0.484 e. The summed E-state index contributed by atoms with van der Waals surface area (Å²) in [5.41, 5.74) is 0.608. The maximum atomic E-state index is 13.1. The number of rotatable bonds is 1. The summed E-state index contributed by atoms with van der Waals surface area (Å²) >= 11 is 0. The number of benzene rings is 1. The van der Waals surface area contributed by atoms with Crippen LogP contribution >= 0.6 is 0 Å². The molecular weight excluding hydrogens is 212 g/mol. The van der Waals surface area contributed by atoms with Gasteiger partial charge in [-0.1, -0.05) is 0 Å². The van der Waals surface area contributed by atoms with Crippen molar-refractivity contribution < 1.29 is 13.5 Å². The van der Waals surface area contributed by atoms with E-state index in [1.165, 1.54) is 12.1 Å². The molecule has 1 fully saturated rings. The Morgan fingerprint density at radius 2 is 1.94 bits per heavy atom. The van der Waals surface area contributed by atoms with E-state index in [4.69, 9.17) is 4.74 Å². The average molecular weight is 223 g/mol. The molecule has 0 radical (unpaired) electrons. The molecule has 0 N–H and O–H groups in total. The Hall–Kier alpha value is -1.45. The number of halogens is 2. The zero-order valence-electron chi connectivity index (χ0n) is 8.78. The van der Waals surface area contributed by atoms with Crippen molar-refractivity contribution in [2.75, 3.05) is 7.11 Å². The van der Waals surface area contributed by atoms with E-state index in [-0.39, 0.29) is 6.04 Å². The zero-order chi connectivity index (χ0) is 11.3. The first-order chi connectivity index (χ1) is 7.69. The van der Waals surface area contributed by atoms with Crippen LogP contribution in [0.2, 0.25) is 0 Å². The molecule has 4 heteroatoms.